The van der Waals surface area contributed by atoms with Crippen LogP contribution >= 0.6 is 23.1 Å². The third-order valence-corrected chi connectivity index (χ3v) is 5.97. The second-order valence-corrected chi connectivity index (χ2v) is 8.80. The van der Waals surface area contributed by atoms with Crippen molar-refractivity contribution in [3.8, 4) is 11.5 Å². The zero-order valence-electron chi connectivity index (χ0n) is 18.6. The Hall–Kier alpha value is -3.57. The Balaban J connectivity index is 1.35. The summed E-state index contributed by atoms with van der Waals surface area (Å²) < 4.78 is 10.5. The van der Waals surface area contributed by atoms with Gasteiger partial charge in [0.25, 0.3) is 5.91 Å². The molecule has 3 amide bonds. The minimum atomic E-state index is -0.312. The van der Waals surface area contributed by atoms with Gasteiger partial charge in [-0.05, 0) is 48.5 Å². The van der Waals surface area contributed by atoms with Gasteiger partial charge in [0, 0.05) is 29.4 Å². The zero-order chi connectivity index (χ0) is 24.3. The fraction of sp³-hybridized carbons (Fsp3) is 0.217. The van der Waals surface area contributed by atoms with E-state index in [2.05, 4.69) is 20.9 Å². The monoisotopic (exact) mass is 500 g/mol. The first kappa shape index (κ1) is 25.1. The van der Waals surface area contributed by atoms with Crippen LogP contribution in [0.3, 0.4) is 0 Å². The maximum absolute atomic E-state index is 12.1. The van der Waals surface area contributed by atoms with Crippen molar-refractivity contribution in [1.82, 2.24) is 4.98 Å². The molecular formula is C23H24N4O5S2. The van der Waals surface area contributed by atoms with Crippen LogP contribution in [-0.4, -0.2) is 42.2 Å². The maximum Gasteiger partial charge on any atom is 0.264 e. The number of hydrogen-bond acceptors (Lipinski definition) is 8. The molecule has 0 aliphatic carbocycles. The molecule has 0 aliphatic rings. The minimum Gasteiger partial charge on any atom is -0.497 e. The molecule has 0 fully saturated rings. The molecule has 1 aromatic heterocycles. The number of methoxy groups -OCH3 is 1. The second kappa shape index (κ2) is 12.6. The first-order chi connectivity index (χ1) is 16.4. The number of carbonyl (C=O) groups excluding carboxylic acids is 3. The summed E-state index contributed by atoms with van der Waals surface area (Å²) in [4.78, 5) is 39.7. The Bertz CT molecular complexity index is 1120. The van der Waals surface area contributed by atoms with Crippen molar-refractivity contribution in [2.45, 2.75) is 12.7 Å². The van der Waals surface area contributed by atoms with Gasteiger partial charge in [0.15, 0.2) is 11.7 Å². The molecule has 11 heteroatoms. The zero-order valence-corrected chi connectivity index (χ0v) is 20.3. The fourth-order valence-corrected chi connectivity index (χ4v) is 4.24. The number of rotatable bonds is 11. The minimum absolute atomic E-state index is 0.137. The molecule has 178 valence electrons. The molecule has 3 N–H and O–H groups in total. The Morgan fingerprint density at radius 3 is 2.21 bits per heavy atom. The van der Waals surface area contributed by atoms with Gasteiger partial charge in [-0.1, -0.05) is 0 Å². The number of amides is 3. The molecule has 0 bridgehead atoms. The number of thiazole rings is 1. The normalized spacial score (nSPS) is 10.3. The maximum atomic E-state index is 12.1. The highest BCUT2D eigenvalue weighted by Gasteiger charge is 2.09. The SMILES string of the molecule is COc1ccc(OCC(=O)Nc2nc(CSCC(=O)Nc3ccc(NC(C)=O)cc3)cs2)cc1. The smallest absolute Gasteiger partial charge is 0.264 e. The largest absolute Gasteiger partial charge is 0.497 e. The van der Waals surface area contributed by atoms with E-state index in [0.717, 1.165) is 5.69 Å². The number of hydrogen-bond donors (Lipinski definition) is 3. The highest BCUT2D eigenvalue weighted by molar-refractivity contribution is 7.99. The Labute approximate surface area is 205 Å². The third-order valence-electron chi connectivity index (χ3n) is 4.20. The molecule has 2 aromatic carbocycles. The predicted molar refractivity (Wildman–Crippen MR) is 135 cm³/mol. The van der Waals surface area contributed by atoms with E-state index in [-0.39, 0.29) is 30.1 Å². The molecule has 0 unspecified atom stereocenters. The summed E-state index contributed by atoms with van der Waals surface area (Å²) in [5, 5.41) is 10.5. The molecule has 1 heterocycles. The van der Waals surface area contributed by atoms with Crippen molar-refractivity contribution < 1.29 is 23.9 Å². The van der Waals surface area contributed by atoms with Crippen molar-refractivity contribution in [3.63, 3.8) is 0 Å². The second-order valence-electron chi connectivity index (χ2n) is 6.96. The number of aromatic nitrogens is 1. The molecule has 0 saturated heterocycles. The van der Waals surface area contributed by atoms with Crippen molar-refractivity contribution >= 4 is 57.3 Å². The van der Waals surface area contributed by atoms with Gasteiger partial charge in [0.1, 0.15) is 11.5 Å². The topological polar surface area (TPSA) is 119 Å². The van der Waals surface area contributed by atoms with Crippen molar-refractivity contribution in [2.75, 3.05) is 35.4 Å². The molecule has 0 aliphatic heterocycles. The summed E-state index contributed by atoms with van der Waals surface area (Å²) >= 11 is 2.73. The molecular weight excluding hydrogens is 476 g/mol. The highest BCUT2D eigenvalue weighted by Crippen LogP contribution is 2.21. The van der Waals surface area contributed by atoms with Crippen LogP contribution in [0, 0.1) is 0 Å². The van der Waals surface area contributed by atoms with Crippen LogP contribution in [0.25, 0.3) is 0 Å². The number of nitrogens with zero attached hydrogens (tertiary/aromatic N) is 1. The van der Waals surface area contributed by atoms with E-state index >= 15 is 0 Å². The van der Waals surface area contributed by atoms with Crippen LogP contribution in [0.15, 0.2) is 53.9 Å². The van der Waals surface area contributed by atoms with E-state index in [1.165, 1.54) is 30.0 Å². The third kappa shape index (κ3) is 8.41. The summed E-state index contributed by atoms with van der Waals surface area (Å²) in [6, 6.07) is 13.8. The standard InChI is InChI=1S/C23H24N4O5S2/c1-15(28)24-16-3-5-17(6-4-16)25-22(30)14-33-12-18-13-34-23(26-18)27-21(29)11-32-20-9-7-19(31-2)8-10-20/h3-10,13H,11-12,14H2,1-2H3,(H,24,28)(H,25,30)(H,26,27,29). The van der Waals surface area contributed by atoms with Crippen LogP contribution < -0.4 is 25.4 Å². The quantitative estimate of drug-likeness (QED) is 0.364. The van der Waals surface area contributed by atoms with Crippen LogP contribution in [0.4, 0.5) is 16.5 Å². The highest BCUT2D eigenvalue weighted by atomic mass is 32.2. The van der Waals surface area contributed by atoms with Crippen molar-refractivity contribution in [1.29, 1.82) is 0 Å². The van der Waals surface area contributed by atoms with Gasteiger partial charge in [-0.2, -0.15) is 0 Å². The molecule has 0 spiro atoms. The summed E-state index contributed by atoms with van der Waals surface area (Å²) in [5.74, 6) is 1.45. The van der Waals surface area contributed by atoms with Gasteiger partial charge >= 0.3 is 0 Å². The number of ether oxygens (including phenoxy) is 2. The van der Waals surface area contributed by atoms with Crippen LogP contribution in [0.1, 0.15) is 12.6 Å². The molecule has 3 rings (SSSR count). The van der Waals surface area contributed by atoms with Gasteiger partial charge in [-0.3, -0.25) is 19.7 Å². The Morgan fingerprint density at radius 1 is 0.912 bits per heavy atom. The van der Waals surface area contributed by atoms with Gasteiger partial charge in [-0.15, -0.1) is 23.1 Å². The molecule has 0 radical (unpaired) electrons. The van der Waals surface area contributed by atoms with Crippen molar-refractivity contribution in [2.24, 2.45) is 0 Å². The number of thioether (sulfide) groups is 1. The lowest BCUT2D eigenvalue weighted by Crippen LogP contribution is -2.20. The number of nitrogens with one attached hydrogen (secondary N) is 3. The van der Waals surface area contributed by atoms with E-state index in [9.17, 15) is 14.4 Å². The van der Waals surface area contributed by atoms with E-state index in [1.807, 2.05) is 5.38 Å². The van der Waals surface area contributed by atoms with Gasteiger partial charge in [-0.25, -0.2) is 4.98 Å². The average molecular weight is 501 g/mol. The van der Waals surface area contributed by atoms with Crippen LogP contribution in [0.5, 0.6) is 11.5 Å². The summed E-state index contributed by atoms with van der Waals surface area (Å²) in [7, 11) is 1.58. The summed E-state index contributed by atoms with van der Waals surface area (Å²) in [6.45, 7) is 1.30. The lowest BCUT2D eigenvalue weighted by molar-refractivity contribution is -0.118. The van der Waals surface area contributed by atoms with E-state index in [0.29, 0.717) is 33.8 Å². The number of anilines is 3. The predicted octanol–water partition coefficient (Wildman–Crippen LogP) is 4.00. The Kier molecular flexibility index (Phi) is 9.30. The molecule has 34 heavy (non-hydrogen) atoms. The van der Waals surface area contributed by atoms with E-state index < -0.39 is 0 Å². The van der Waals surface area contributed by atoms with Gasteiger partial charge in [0.05, 0.1) is 18.6 Å². The lowest BCUT2D eigenvalue weighted by Gasteiger charge is -2.07. The number of carbonyl (C=O) groups is 3. The molecule has 0 atom stereocenters. The molecule has 9 nitrogen and oxygen atoms in total. The Morgan fingerprint density at radius 2 is 1.56 bits per heavy atom. The van der Waals surface area contributed by atoms with Gasteiger partial charge < -0.3 is 20.1 Å². The van der Waals surface area contributed by atoms with Crippen LogP contribution in [-0.2, 0) is 20.1 Å². The van der Waals surface area contributed by atoms with E-state index in [1.54, 1.807) is 55.6 Å². The van der Waals surface area contributed by atoms with E-state index in [4.69, 9.17) is 9.47 Å². The first-order valence-corrected chi connectivity index (χ1v) is 12.2. The lowest BCUT2D eigenvalue weighted by atomic mass is 10.3. The first-order valence-electron chi connectivity index (χ1n) is 10.2. The molecule has 3 aromatic rings. The average Bonchev–Trinajstić information content (AvgIpc) is 3.26. The van der Waals surface area contributed by atoms with Crippen molar-refractivity contribution in [3.05, 3.63) is 59.6 Å². The summed E-state index contributed by atoms with van der Waals surface area (Å²) in [6.07, 6.45) is 0. The fourth-order valence-electron chi connectivity index (χ4n) is 2.69. The molecule has 0 saturated carbocycles. The number of benzene rings is 2. The van der Waals surface area contributed by atoms with Crippen LogP contribution in [0.2, 0.25) is 0 Å². The van der Waals surface area contributed by atoms with Gasteiger partial charge in [0.2, 0.25) is 11.8 Å². The summed E-state index contributed by atoms with van der Waals surface area (Å²) in [5.41, 5.74) is 2.09.